The zero-order valence-corrected chi connectivity index (χ0v) is 12.0. The third-order valence-corrected chi connectivity index (χ3v) is 3.55. The zero-order chi connectivity index (χ0) is 13.8. The molecule has 0 unspecified atom stereocenters. The number of carbonyl (C=O) groups is 1. The van der Waals surface area contributed by atoms with E-state index in [0.29, 0.717) is 27.1 Å². The van der Waals surface area contributed by atoms with E-state index in [2.05, 4.69) is 15.9 Å². The van der Waals surface area contributed by atoms with Crippen LogP contribution in [-0.4, -0.2) is 6.29 Å². The standard InChI is InChI=1S/C14H9BrClFO2/c15-12-6-11(17)5-4-10(12)8-19-14-9(7-18)2-1-3-13(14)16/h1-7H,8H2. The van der Waals surface area contributed by atoms with E-state index in [0.717, 1.165) is 5.56 Å². The Morgan fingerprint density at radius 2 is 2.11 bits per heavy atom. The number of hydrogen-bond acceptors (Lipinski definition) is 2. The first kappa shape index (κ1) is 14.0. The van der Waals surface area contributed by atoms with Crippen LogP contribution in [0.25, 0.3) is 0 Å². The van der Waals surface area contributed by atoms with Gasteiger partial charge in [-0.05, 0) is 24.3 Å². The van der Waals surface area contributed by atoms with Crippen molar-refractivity contribution in [1.82, 2.24) is 0 Å². The van der Waals surface area contributed by atoms with Crippen molar-refractivity contribution in [3.05, 3.63) is 62.8 Å². The Morgan fingerprint density at radius 3 is 2.79 bits per heavy atom. The topological polar surface area (TPSA) is 26.3 Å². The molecule has 0 amide bonds. The highest BCUT2D eigenvalue weighted by atomic mass is 79.9. The normalized spacial score (nSPS) is 10.3. The Morgan fingerprint density at radius 1 is 1.32 bits per heavy atom. The molecule has 2 aromatic carbocycles. The van der Waals surface area contributed by atoms with Crippen LogP contribution in [0.1, 0.15) is 15.9 Å². The number of halogens is 3. The summed E-state index contributed by atoms with van der Waals surface area (Å²) in [5, 5.41) is 0.364. The molecule has 0 atom stereocenters. The smallest absolute Gasteiger partial charge is 0.153 e. The van der Waals surface area contributed by atoms with Crippen molar-refractivity contribution in [2.75, 3.05) is 0 Å². The molecule has 0 aliphatic rings. The van der Waals surface area contributed by atoms with Gasteiger partial charge in [-0.2, -0.15) is 0 Å². The maximum Gasteiger partial charge on any atom is 0.153 e. The van der Waals surface area contributed by atoms with Crippen LogP contribution in [0.3, 0.4) is 0 Å². The van der Waals surface area contributed by atoms with Crippen LogP contribution in [0, 0.1) is 5.82 Å². The summed E-state index contributed by atoms with van der Waals surface area (Å²) < 4.78 is 19.1. The highest BCUT2D eigenvalue weighted by molar-refractivity contribution is 9.10. The summed E-state index contributed by atoms with van der Waals surface area (Å²) >= 11 is 9.24. The maximum atomic E-state index is 13.0. The highest BCUT2D eigenvalue weighted by Gasteiger charge is 2.09. The van der Waals surface area contributed by atoms with Crippen molar-refractivity contribution in [2.45, 2.75) is 6.61 Å². The summed E-state index contributed by atoms with van der Waals surface area (Å²) in [4.78, 5) is 10.9. The predicted octanol–water partition coefficient (Wildman–Crippen LogP) is 4.63. The number of rotatable bonds is 4. The van der Waals surface area contributed by atoms with Crippen LogP contribution >= 0.6 is 27.5 Å². The van der Waals surface area contributed by atoms with Crippen LogP contribution < -0.4 is 4.74 Å². The monoisotopic (exact) mass is 342 g/mol. The van der Waals surface area contributed by atoms with Crippen LogP contribution in [0.5, 0.6) is 5.75 Å². The van der Waals surface area contributed by atoms with Crippen molar-refractivity contribution >= 4 is 33.8 Å². The first-order chi connectivity index (χ1) is 9.11. The molecule has 0 aromatic heterocycles. The van der Waals surface area contributed by atoms with Crippen LogP contribution in [0.4, 0.5) is 4.39 Å². The SMILES string of the molecule is O=Cc1cccc(Cl)c1OCc1ccc(F)cc1Br. The molecule has 0 aliphatic carbocycles. The third-order valence-electron chi connectivity index (χ3n) is 2.51. The van der Waals surface area contributed by atoms with E-state index >= 15 is 0 Å². The molecule has 0 fully saturated rings. The number of ether oxygens (including phenoxy) is 1. The summed E-state index contributed by atoms with van der Waals surface area (Å²) in [5.74, 6) is -0.00246. The Labute approximate surface area is 123 Å². The molecule has 0 radical (unpaired) electrons. The first-order valence-corrected chi connectivity index (χ1v) is 6.59. The minimum absolute atomic E-state index is 0.186. The molecule has 0 spiro atoms. The molecule has 98 valence electrons. The van der Waals surface area contributed by atoms with Gasteiger partial charge >= 0.3 is 0 Å². The number of para-hydroxylation sites is 1. The Kier molecular flexibility index (Phi) is 4.56. The van der Waals surface area contributed by atoms with Gasteiger partial charge in [-0.15, -0.1) is 0 Å². The maximum absolute atomic E-state index is 13.0. The van der Waals surface area contributed by atoms with E-state index in [1.54, 1.807) is 24.3 Å². The molecule has 0 aliphatic heterocycles. The minimum Gasteiger partial charge on any atom is -0.487 e. The van der Waals surface area contributed by atoms with Crippen LogP contribution in [0.15, 0.2) is 40.9 Å². The van der Waals surface area contributed by atoms with Gasteiger partial charge in [0.2, 0.25) is 0 Å². The summed E-state index contributed by atoms with van der Waals surface area (Å²) in [6, 6.07) is 9.24. The molecular formula is C14H9BrClFO2. The molecule has 2 rings (SSSR count). The van der Waals surface area contributed by atoms with E-state index in [9.17, 15) is 9.18 Å². The van der Waals surface area contributed by atoms with Gasteiger partial charge in [0, 0.05) is 10.0 Å². The largest absolute Gasteiger partial charge is 0.487 e. The van der Waals surface area contributed by atoms with E-state index in [-0.39, 0.29) is 12.4 Å². The third kappa shape index (κ3) is 3.33. The molecule has 0 saturated carbocycles. The van der Waals surface area contributed by atoms with Crippen LogP contribution in [0.2, 0.25) is 5.02 Å². The molecule has 2 nitrogen and oxygen atoms in total. The summed E-state index contributed by atoms with van der Waals surface area (Å²) in [5.41, 5.74) is 1.14. The number of hydrogen-bond donors (Lipinski definition) is 0. The lowest BCUT2D eigenvalue weighted by Crippen LogP contribution is -2.00. The second-order valence-corrected chi connectivity index (χ2v) is 5.06. The second-order valence-electron chi connectivity index (χ2n) is 3.80. The zero-order valence-electron chi connectivity index (χ0n) is 9.70. The number of carbonyl (C=O) groups excluding carboxylic acids is 1. The van der Waals surface area contributed by atoms with Gasteiger partial charge < -0.3 is 4.74 Å². The molecular weight excluding hydrogens is 335 g/mol. The van der Waals surface area contributed by atoms with Gasteiger partial charge in [0.1, 0.15) is 18.2 Å². The van der Waals surface area contributed by atoms with E-state index in [1.807, 2.05) is 0 Å². The Hall–Kier alpha value is -1.39. The highest BCUT2D eigenvalue weighted by Crippen LogP contribution is 2.29. The Balaban J connectivity index is 2.21. The van der Waals surface area contributed by atoms with Crippen LogP contribution in [-0.2, 0) is 6.61 Å². The molecule has 0 N–H and O–H groups in total. The van der Waals surface area contributed by atoms with Crippen molar-refractivity contribution in [1.29, 1.82) is 0 Å². The second kappa shape index (κ2) is 6.17. The number of aldehydes is 1. The van der Waals surface area contributed by atoms with Crippen molar-refractivity contribution < 1.29 is 13.9 Å². The quantitative estimate of drug-likeness (QED) is 0.756. The molecule has 5 heteroatoms. The summed E-state index contributed by atoms with van der Waals surface area (Å²) in [6.45, 7) is 0.186. The summed E-state index contributed by atoms with van der Waals surface area (Å²) in [6.07, 6.45) is 0.681. The van der Waals surface area contributed by atoms with E-state index in [4.69, 9.17) is 16.3 Å². The predicted molar refractivity (Wildman–Crippen MR) is 75.3 cm³/mol. The van der Waals surface area contributed by atoms with E-state index < -0.39 is 0 Å². The first-order valence-electron chi connectivity index (χ1n) is 5.42. The molecule has 2 aromatic rings. The Bertz CT molecular complexity index is 616. The van der Waals surface area contributed by atoms with E-state index in [1.165, 1.54) is 12.1 Å². The van der Waals surface area contributed by atoms with Gasteiger partial charge in [0.25, 0.3) is 0 Å². The van der Waals surface area contributed by atoms with Gasteiger partial charge in [-0.3, -0.25) is 4.79 Å². The fourth-order valence-corrected chi connectivity index (χ4v) is 2.26. The lowest BCUT2D eigenvalue weighted by atomic mass is 10.2. The number of benzene rings is 2. The van der Waals surface area contributed by atoms with Gasteiger partial charge in [0.05, 0.1) is 10.6 Å². The van der Waals surface area contributed by atoms with Crippen molar-refractivity contribution in [3.63, 3.8) is 0 Å². The molecule has 19 heavy (non-hydrogen) atoms. The fraction of sp³-hybridized carbons (Fsp3) is 0.0714. The minimum atomic E-state index is -0.332. The van der Waals surface area contributed by atoms with Gasteiger partial charge in [-0.25, -0.2) is 4.39 Å². The molecule has 0 saturated heterocycles. The molecule has 0 heterocycles. The molecule has 0 bridgehead atoms. The lowest BCUT2D eigenvalue weighted by Gasteiger charge is -2.11. The van der Waals surface area contributed by atoms with Crippen molar-refractivity contribution in [3.8, 4) is 5.75 Å². The average Bonchev–Trinajstić information content (AvgIpc) is 2.39. The fourth-order valence-electron chi connectivity index (χ4n) is 1.56. The average molecular weight is 344 g/mol. The van der Waals surface area contributed by atoms with Gasteiger partial charge in [-0.1, -0.05) is 39.7 Å². The summed E-state index contributed by atoms with van der Waals surface area (Å²) in [7, 11) is 0. The lowest BCUT2D eigenvalue weighted by molar-refractivity contribution is 0.111. The van der Waals surface area contributed by atoms with Crippen molar-refractivity contribution in [2.24, 2.45) is 0 Å². The van der Waals surface area contributed by atoms with Gasteiger partial charge in [0.15, 0.2) is 6.29 Å².